The molecule has 0 saturated carbocycles. The normalized spacial score (nSPS) is 24.5. The molecule has 0 aliphatic carbocycles. The van der Waals surface area contributed by atoms with E-state index in [2.05, 4.69) is 0 Å². The molecule has 0 aromatic heterocycles. The van der Waals surface area contributed by atoms with Gasteiger partial charge in [0.2, 0.25) is 11.8 Å². The Morgan fingerprint density at radius 3 is 2.50 bits per heavy atom. The third kappa shape index (κ3) is 3.46. The zero-order chi connectivity index (χ0) is 17.3. The number of rotatable bonds is 4. The van der Waals surface area contributed by atoms with Crippen LogP contribution in [0.5, 0.6) is 0 Å². The van der Waals surface area contributed by atoms with Crippen molar-refractivity contribution in [3.05, 3.63) is 35.9 Å². The van der Waals surface area contributed by atoms with E-state index < -0.39 is 6.04 Å². The van der Waals surface area contributed by atoms with Gasteiger partial charge in [0, 0.05) is 13.1 Å². The van der Waals surface area contributed by atoms with E-state index in [1.54, 1.807) is 9.80 Å². The smallest absolute Gasteiger partial charge is 0.248 e. The molecule has 1 aromatic carbocycles. The zero-order valence-corrected chi connectivity index (χ0v) is 14.7. The van der Waals surface area contributed by atoms with Crippen molar-refractivity contribution in [1.82, 2.24) is 9.80 Å². The van der Waals surface area contributed by atoms with Gasteiger partial charge in [-0.15, -0.1) is 0 Å². The SMILES string of the molecule is CC(C)(C)OC[C@H]1C(=O)N2CCC[C@@H]2C(=O)N1Cc1ccccc1. The van der Waals surface area contributed by atoms with Crippen molar-refractivity contribution in [3.8, 4) is 0 Å². The third-order valence-electron chi connectivity index (χ3n) is 4.64. The molecule has 24 heavy (non-hydrogen) atoms. The van der Waals surface area contributed by atoms with Crippen molar-refractivity contribution in [1.29, 1.82) is 0 Å². The topological polar surface area (TPSA) is 49.9 Å². The predicted molar refractivity (Wildman–Crippen MR) is 91.2 cm³/mol. The number of ether oxygens (including phenoxy) is 1. The van der Waals surface area contributed by atoms with E-state index in [1.807, 2.05) is 51.1 Å². The van der Waals surface area contributed by atoms with E-state index in [-0.39, 0.29) is 30.1 Å². The molecule has 2 aliphatic rings. The van der Waals surface area contributed by atoms with E-state index >= 15 is 0 Å². The second-order valence-corrected chi connectivity index (χ2v) is 7.58. The van der Waals surface area contributed by atoms with Crippen molar-refractivity contribution in [3.63, 3.8) is 0 Å². The van der Waals surface area contributed by atoms with Gasteiger partial charge in [-0.3, -0.25) is 9.59 Å². The number of hydrogen-bond acceptors (Lipinski definition) is 3. The van der Waals surface area contributed by atoms with Gasteiger partial charge in [0.05, 0.1) is 12.2 Å². The van der Waals surface area contributed by atoms with Gasteiger partial charge >= 0.3 is 0 Å². The number of piperazine rings is 1. The van der Waals surface area contributed by atoms with Crippen LogP contribution in [-0.2, 0) is 20.9 Å². The molecule has 2 atom stereocenters. The van der Waals surface area contributed by atoms with Crippen LogP contribution in [0.1, 0.15) is 39.2 Å². The summed E-state index contributed by atoms with van der Waals surface area (Å²) in [5, 5.41) is 0. The van der Waals surface area contributed by atoms with Crippen molar-refractivity contribution in [2.75, 3.05) is 13.2 Å². The van der Waals surface area contributed by atoms with Crippen LogP contribution in [0.2, 0.25) is 0 Å². The molecule has 2 heterocycles. The maximum Gasteiger partial charge on any atom is 0.248 e. The van der Waals surface area contributed by atoms with Gasteiger partial charge < -0.3 is 14.5 Å². The van der Waals surface area contributed by atoms with E-state index in [4.69, 9.17) is 4.74 Å². The third-order valence-corrected chi connectivity index (χ3v) is 4.64. The molecule has 0 unspecified atom stereocenters. The first-order chi connectivity index (χ1) is 11.4. The first-order valence-corrected chi connectivity index (χ1v) is 8.66. The van der Waals surface area contributed by atoms with Crippen molar-refractivity contribution < 1.29 is 14.3 Å². The van der Waals surface area contributed by atoms with Gasteiger partial charge in [0.15, 0.2) is 0 Å². The monoisotopic (exact) mass is 330 g/mol. The van der Waals surface area contributed by atoms with E-state index in [0.717, 1.165) is 18.4 Å². The van der Waals surface area contributed by atoms with Crippen LogP contribution in [0.15, 0.2) is 30.3 Å². The van der Waals surface area contributed by atoms with Gasteiger partial charge in [-0.25, -0.2) is 0 Å². The van der Waals surface area contributed by atoms with Crippen LogP contribution in [0.3, 0.4) is 0 Å². The summed E-state index contributed by atoms with van der Waals surface area (Å²) < 4.78 is 5.86. The summed E-state index contributed by atoms with van der Waals surface area (Å²) in [7, 11) is 0. The van der Waals surface area contributed by atoms with Crippen LogP contribution in [0, 0.1) is 0 Å². The highest BCUT2D eigenvalue weighted by atomic mass is 16.5. The molecule has 2 saturated heterocycles. The molecule has 2 fully saturated rings. The van der Waals surface area contributed by atoms with Gasteiger partial charge in [0.1, 0.15) is 12.1 Å². The molecule has 3 rings (SSSR count). The highest BCUT2D eigenvalue weighted by Crippen LogP contribution is 2.29. The van der Waals surface area contributed by atoms with E-state index in [1.165, 1.54) is 0 Å². The van der Waals surface area contributed by atoms with Gasteiger partial charge in [-0.2, -0.15) is 0 Å². The molecule has 0 bridgehead atoms. The Kier molecular flexibility index (Phi) is 4.63. The summed E-state index contributed by atoms with van der Waals surface area (Å²) in [6.07, 6.45) is 1.66. The Hall–Kier alpha value is -1.88. The summed E-state index contributed by atoms with van der Waals surface area (Å²) in [4.78, 5) is 29.4. The van der Waals surface area contributed by atoms with Crippen LogP contribution in [0.25, 0.3) is 0 Å². The minimum absolute atomic E-state index is 0.0253. The minimum Gasteiger partial charge on any atom is -0.373 e. The maximum absolute atomic E-state index is 13.0. The fourth-order valence-corrected chi connectivity index (χ4v) is 3.42. The Morgan fingerprint density at radius 2 is 1.83 bits per heavy atom. The standard InChI is InChI=1S/C19H26N2O3/c1-19(2,3)24-13-16-18(23)20-11-7-10-15(20)17(22)21(16)12-14-8-5-4-6-9-14/h4-6,8-9,15-16H,7,10-13H2,1-3H3/t15-,16+/m1/s1. The average molecular weight is 330 g/mol. The van der Waals surface area contributed by atoms with Crippen LogP contribution < -0.4 is 0 Å². The van der Waals surface area contributed by atoms with Crippen LogP contribution in [-0.4, -0.2) is 52.5 Å². The Morgan fingerprint density at radius 1 is 1.12 bits per heavy atom. The quantitative estimate of drug-likeness (QED) is 0.850. The summed E-state index contributed by atoms with van der Waals surface area (Å²) in [5.41, 5.74) is 0.690. The van der Waals surface area contributed by atoms with Gasteiger partial charge in [-0.05, 0) is 39.2 Å². The highest BCUT2D eigenvalue weighted by molar-refractivity contribution is 5.97. The first-order valence-electron chi connectivity index (χ1n) is 8.66. The van der Waals surface area contributed by atoms with Crippen molar-refractivity contribution in [2.45, 2.75) is 57.8 Å². The minimum atomic E-state index is -0.536. The Labute approximate surface area is 143 Å². The lowest BCUT2D eigenvalue weighted by Crippen LogP contribution is -2.64. The van der Waals surface area contributed by atoms with Gasteiger partial charge in [-0.1, -0.05) is 30.3 Å². The molecule has 1 aromatic rings. The number of carbonyl (C=O) groups excluding carboxylic acids is 2. The summed E-state index contributed by atoms with van der Waals surface area (Å²) in [6, 6.07) is 9.01. The number of benzene rings is 1. The molecule has 130 valence electrons. The van der Waals surface area contributed by atoms with Crippen molar-refractivity contribution >= 4 is 11.8 Å². The second kappa shape index (κ2) is 6.55. The zero-order valence-electron chi connectivity index (χ0n) is 14.7. The molecule has 2 aliphatic heterocycles. The van der Waals surface area contributed by atoms with Gasteiger partial charge in [0.25, 0.3) is 0 Å². The number of carbonyl (C=O) groups is 2. The van der Waals surface area contributed by atoms with Crippen LogP contribution >= 0.6 is 0 Å². The average Bonchev–Trinajstić information content (AvgIpc) is 3.02. The molecule has 0 N–H and O–H groups in total. The Bertz CT molecular complexity index is 609. The van der Waals surface area contributed by atoms with E-state index in [0.29, 0.717) is 13.1 Å². The molecule has 0 radical (unpaired) electrons. The second-order valence-electron chi connectivity index (χ2n) is 7.58. The molecule has 5 heteroatoms. The van der Waals surface area contributed by atoms with Crippen molar-refractivity contribution in [2.24, 2.45) is 0 Å². The Balaban J connectivity index is 1.84. The lowest BCUT2D eigenvalue weighted by Gasteiger charge is -2.43. The molecule has 5 nitrogen and oxygen atoms in total. The summed E-state index contributed by atoms with van der Waals surface area (Å²) in [5.74, 6) is 0.0794. The summed E-state index contributed by atoms with van der Waals surface area (Å²) >= 11 is 0. The number of hydrogen-bond donors (Lipinski definition) is 0. The molecule has 0 spiro atoms. The van der Waals surface area contributed by atoms with Crippen LogP contribution in [0.4, 0.5) is 0 Å². The highest BCUT2D eigenvalue weighted by Gasteiger charge is 2.47. The van der Waals surface area contributed by atoms with E-state index in [9.17, 15) is 9.59 Å². The number of fused-ring (bicyclic) bond motifs is 1. The maximum atomic E-state index is 13.0. The predicted octanol–water partition coefficient (Wildman–Crippen LogP) is 2.20. The molecular formula is C19H26N2O3. The molecule has 2 amide bonds. The number of amides is 2. The fourth-order valence-electron chi connectivity index (χ4n) is 3.42. The molecular weight excluding hydrogens is 304 g/mol. The summed E-state index contributed by atoms with van der Waals surface area (Å²) in [6.45, 7) is 7.26. The fraction of sp³-hybridized carbons (Fsp3) is 0.579. The lowest BCUT2D eigenvalue weighted by atomic mass is 10.0. The lowest BCUT2D eigenvalue weighted by molar-refractivity contribution is -0.165. The largest absolute Gasteiger partial charge is 0.373 e. The first kappa shape index (κ1) is 17.0. The number of nitrogens with zero attached hydrogens (tertiary/aromatic N) is 2.